The van der Waals surface area contributed by atoms with Crippen LogP contribution in [0.1, 0.15) is 59.9 Å². The maximum Gasteiger partial charge on any atom is 0.257 e. The summed E-state index contributed by atoms with van der Waals surface area (Å²) in [6, 6.07) is 0. The highest BCUT2D eigenvalue weighted by Crippen LogP contribution is 2.32. The van der Waals surface area contributed by atoms with E-state index < -0.39 is 0 Å². The van der Waals surface area contributed by atoms with Crippen LogP contribution in [0.25, 0.3) is 0 Å². The van der Waals surface area contributed by atoms with Crippen molar-refractivity contribution in [3.8, 4) is 0 Å². The number of aryl methyl sites for hydroxylation is 1. The van der Waals surface area contributed by atoms with Gasteiger partial charge in [-0.05, 0) is 32.6 Å². The molecule has 3 aliphatic rings. The van der Waals surface area contributed by atoms with Crippen LogP contribution in [-0.2, 0) is 9.53 Å². The molecule has 2 aliphatic heterocycles. The molecule has 146 valence electrons. The predicted octanol–water partition coefficient (Wildman–Crippen LogP) is 1.76. The number of hydrogen-bond acceptors (Lipinski definition) is 5. The zero-order valence-corrected chi connectivity index (χ0v) is 16.0. The van der Waals surface area contributed by atoms with Gasteiger partial charge in [0.15, 0.2) is 0 Å². The van der Waals surface area contributed by atoms with Crippen LogP contribution in [0.15, 0.2) is 6.20 Å². The molecule has 0 N–H and O–H groups in total. The molecule has 7 nitrogen and oxygen atoms in total. The number of carbonyl (C=O) groups is 2. The molecule has 1 aliphatic carbocycles. The minimum absolute atomic E-state index is 0.0206. The van der Waals surface area contributed by atoms with E-state index in [-0.39, 0.29) is 17.7 Å². The summed E-state index contributed by atoms with van der Waals surface area (Å²) in [7, 11) is 0. The van der Waals surface area contributed by atoms with Gasteiger partial charge in [-0.1, -0.05) is 6.42 Å². The summed E-state index contributed by atoms with van der Waals surface area (Å²) in [5, 5.41) is 0. The lowest BCUT2D eigenvalue weighted by molar-refractivity contribution is -0.139. The molecule has 2 saturated heterocycles. The van der Waals surface area contributed by atoms with Crippen molar-refractivity contribution in [2.45, 2.75) is 44.9 Å². The number of carbonyl (C=O) groups excluding carboxylic acids is 2. The Morgan fingerprint density at radius 1 is 1.07 bits per heavy atom. The summed E-state index contributed by atoms with van der Waals surface area (Å²) >= 11 is 0. The van der Waals surface area contributed by atoms with Crippen LogP contribution in [0, 0.1) is 12.8 Å². The molecule has 4 rings (SSSR count). The quantitative estimate of drug-likeness (QED) is 0.808. The Labute approximate surface area is 160 Å². The van der Waals surface area contributed by atoms with Gasteiger partial charge >= 0.3 is 0 Å². The summed E-state index contributed by atoms with van der Waals surface area (Å²) in [6.07, 6.45) is 6.89. The van der Waals surface area contributed by atoms with E-state index in [4.69, 9.17) is 4.74 Å². The van der Waals surface area contributed by atoms with Gasteiger partial charge in [0, 0.05) is 44.2 Å². The molecule has 1 aromatic rings. The highest BCUT2D eigenvalue weighted by atomic mass is 16.5. The number of ether oxygens (including phenoxy) is 1. The molecule has 1 aromatic heterocycles. The first kappa shape index (κ1) is 18.3. The normalized spacial score (nSPS) is 23.8. The van der Waals surface area contributed by atoms with Gasteiger partial charge in [-0.25, -0.2) is 9.97 Å². The van der Waals surface area contributed by atoms with Gasteiger partial charge in [-0.3, -0.25) is 9.59 Å². The van der Waals surface area contributed by atoms with Crippen molar-refractivity contribution in [1.29, 1.82) is 0 Å². The molecule has 0 spiro atoms. The van der Waals surface area contributed by atoms with Crippen molar-refractivity contribution in [2.75, 3.05) is 39.4 Å². The van der Waals surface area contributed by atoms with E-state index in [1.165, 1.54) is 6.42 Å². The van der Waals surface area contributed by atoms with Gasteiger partial charge < -0.3 is 14.5 Å². The second kappa shape index (κ2) is 7.92. The molecule has 3 fully saturated rings. The Kier molecular flexibility index (Phi) is 5.38. The van der Waals surface area contributed by atoms with Gasteiger partial charge in [0.1, 0.15) is 5.82 Å². The Bertz CT molecular complexity index is 713. The Hall–Kier alpha value is -2.02. The number of amides is 2. The van der Waals surface area contributed by atoms with Crippen LogP contribution >= 0.6 is 0 Å². The monoisotopic (exact) mass is 372 g/mol. The van der Waals surface area contributed by atoms with E-state index in [1.807, 2.05) is 11.8 Å². The predicted molar refractivity (Wildman–Crippen MR) is 99.4 cm³/mol. The average molecular weight is 372 g/mol. The van der Waals surface area contributed by atoms with Gasteiger partial charge in [0.2, 0.25) is 5.91 Å². The minimum Gasteiger partial charge on any atom is -0.378 e. The molecule has 3 heterocycles. The summed E-state index contributed by atoms with van der Waals surface area (Å²) in [6.45, 7) is 5.80. The first-order valence-electron chi connectivity index (χ1n) is 10.1. The number of likely N-dealkylation sites (tertiary alicyclic amines) is 1. The first-order chi connectivity index (χ1) is 13.1. The molecule has 0 aromatic carbocycles. The molecule has 2 amide bonds. The molecule has 27 heavy (non-hydrogen) atoms. The van der Waals surface area contributed by atoms with E-state index in [0.717, 1.165) is 43.7 Å². The number of nitrogens with zero attached hydrogens (tertiary/aromatic N) is 4. The van der Waals surface area contributed by atoms with E-state index in [1.54, 1.807) is 11.1 Å². The standard InChI is InChI=1S/C20H28N4O3/c1-14-17(20(26)23-8-10-27-11-9-23)12-21-18(22-14)16-6-3-7-24(13-16)19(25)15-4-2-5-15/h12,15-16H,2-11,13H2,1H3/t16-/m1/s1. The molecule has 0 radical (unpaired) electrons. The molecular formula is C20H28N4O3. The number of hydrogen-bond donors (Lipinski definition) is 0. The Balaban J connectivity index is 1.45. The van der Waals surface area contributed by atoms with Crippen molar-refractivity contribution in [3.05, 3.63) is 23.3 Å². The van der Waals surface area contributed by atoms with Gasteiger partial charge in [-0.15, -0.1) is 0 Å². The fourth-order valence-corrected chi connectivity index (χ4v) is 4.13. The zero-order chi connectivity index (χ0) is 18.8. The lowest BCUT2D eigenvalue weighted by Gasteiger charge is -2.36. The van der Waals surface area contributed by atoms with Crippen LogP contribution < -0.4 is 0 Å². The van der Waals surface area contributed by atoms with Crippen molar-refractivity contribution in [2.24, 2.45) is 5.92 Å². The largest absolute Gasteiger partial charge is 0.378 e. The molecular weight excluding hydrogens is 344 g/mol. The lowest BCUT2D eigenvalue weighted by atomic mass is 9.83. The topological polar surface area (TPSA) is 75.6 Å². The van der Waals surface area contributed by atoms with Gasteiger partial charge in [0.05, 0.1) is 24.5 Å². The van der Waals surface area contributed by atoms with Crippen LogP contribution in [0.3, 0.4) is 0 Å². The summed E-state index contributed by atoms with van der Waals surface area (Å²) in [5.41, 5.74) is 1.29. The Morgan fingerprint density at radius 2 is 1.85 bits per heavy atom. The van der Waals surface area contributed by atoms with Crippen LogP contribution in [0.4, 0.5) is 0 Å². The second-order valence-electron chi connectivity index (χ2n) is 7.88. The third-order valence-electron chi connectivity index (χ3n) is 6.08. The summed E-state index contributed by atoms with van der Waals surface area (Å²) in [5.74, 6) is 1.45. The SMILES string of the molecule is Cc1nc([C@@H]2CCCN(C(=O)C3CCC3)C2)ncc1C(=O)N1CCOCC1. The van der Waals surface area contributed by atoms with E-state index in [9.17, 15) is 9.59 Å². The van der Waals surface area contributed by atoms with Gasteiger partial charge in [-0.2, -0.15) is 0 Å². The average Bonchev–Trinajstić information content (AvgIpc) is 2.67. The number of morpholine rings is 1. The fourth-order valence-electron chi connectivity index (χ4n) is 4.13. The number of aromatic nitrogens is 2. The van der Waals surface area contributed by atoms with Crippen LogP contribution in [0.2, 0.25) is 0 Å². The zero-order valence-electron chi connectivity index (χ0n) is 16.0. The lowest BCUT2D eigenvalue weighted by Crippen LogP contribution is -2.44. The summed E-state index contributed by atoms with van der Waals surface area (Å²) < 4.78 is 5.32. The molecule has 0 bridgehead atoms. The molecule has 1 atom stereocenters. The maximum atomic E-state index is 12.7. The smallest absolute Gasteiger partial charge is 0.257 e. The third kappa shape index (κ3) is 3.83. The van der Waals surface area contributed by atoms with Crippen LogP contribution in [0.5, 0.6) is 0 Å². The first-order valence-corrected chi connectivity index (χ1v) is 10.1. The fraction of sp³-hybridized carbons (Fsp3) is 0.700. The van der Waals surface area contributed by atoms with Crippen LogP contribution in [-0.4, -0.2) is 71.0 Å². The van der Waals surface area contributed by atoms with Crippen molar-refractivity contribution in [1.82, 2.24) is 19.8 Å². The van der Waals surface area contributed by atoms with E-state index in [2.05, 4.69) is 9.97 Å². The maximum absolute atomic E-state index is 12.7. The highest BCUT2D eigenvalue weighted by molar-refractivity contribution is 5.95. The highest BCUT2D eigenvalue weighted by Gasteiger charge is 2.33. The van der Waals surface area contributed by atoms with E-state index in [0.29, 0.717) is 44.3 Å². The van der Waals surface area contributed by atoms with Crippen molar-refractivity contribution < 1.29 is 14.3 Å². The molecule has 1 saturated carbocycles. The molecule has 7 heteroatoms. The van der Waals surface area contributed by atoms with Crippen molar-refractivity contribution in [3.63, 3.8) is 0 Å². The third-order valence-corrected chi connectivity index (χ3v) is 6.08. The van der Waals surface area contributed by atoms with Crippen molar-refractivity contribution >= 4 is 11.8 Å². The van der Waals surface area contributed by atoms with E-state index >= 15 is 0 Å². The number of piperidine rings is 1. The molecule has 0 unspecified atom stereocenters. The Morgan fingerprint density at radius 3 is 2.52 bits per heavy atom. The van der Waals surface area contributed by atoms with Gasteiger partial charge in [0.25, 0.3) is 5.91 Å². The second-order valence-corrected chi connectivity index (χ2v) is 7.88. The minimum atomic E-state index is -0.0206. The number of rotatable bonds is 3. The summed E-state index contributed by atoms with van der Waals surface area (Å²) in [4.78, 5) is 38.3.